The molecule has 3 aromatic rings. The number of rotatable bonds is 3. The molecule has 1 aliphatic heterocycles. The Morgan fingerprint density at radius 3 is 2.33 bits per heavy atom. The van der Waals surface area contributed by atoms with E-state index in [1.807, 2.05) is 37.3 Å². The molecular weight excluding hydrogens is 478 g/mol. The van der Waals surface area contributed by atoms with Crippen molar-refractivity contribution >= 4 is 35.1 Å². The van der Waals surface area contributed by atoms with Crippen LogP contribution in [-0.4, -0.2) is 18.0 Å². The molecule has 0 spiro atoms. The van der Waals surface area contributed by atoms with Gasteiger partial charge in [-0.25, -0.2) is 4.79 Å². The molecule has 0 bridgehead atoms. The highest BCUT2D eigenvalue weighted by Crippen LogP contribution is 2.49. The minimum atomic E-state index is -4.89. The van der Waals surface area contributed by atoms with E-state index in [9.17, 15) is 18.0 Å². The van der Waals surface area contributed by atoms with Gasteiger partial charge in [-0.2, -0.15) is 13.2 Å². The summed E-state index contributed by atoms with van der Waals surface area (Å²) in [5, 5.41) is 3.45. The molecule has 1 aliphatic rings. The smallest absolute Gasteiger partial charge is 0.404 e. The Bertz CT molecular complexity index is 1230. The number of ether oxygens (including phenoxy) is 1. The fourth-order valence-corrected chi connectivity index (χ4v) is 4.10. The van der Waals surface area contributed by atoms with Crippen molar-refractivity contribution in [2.45, 2.75) is 25.1 Å². The molecule has 9 heteroatoms. The maximum atomic E-state index is 14.1. The number of oxime groups is 1. The quantitative estimate of drug-likeness (QED) is 0.359. The van der Waals surface area contributed by atoms with E-state index in [1.165, 1.54) is 6.07 Å². The van der Waals surface area contributed by atoms with Gasteiger partial charge in [-0.05, 0) is 42.3 Å². The van der Waals surface area contributed by atoms with Crippen LogP contribution in [0.3, 0.4) is 0 Å². The molecule has 0 saturated carbocycles. The number of carbonyl (C=O) groups excluding carboxylic acids is 1. The van der Waals surface area contributed by atoms with Gasteiger partial charge in [0.15, 0.2) is 0 Å². The Morgan fingerprint density at radius 1 is 1.03 bits per heavy atom. The number of aryl methyl sites for hydroxylation is 1. The molecule has 0 aromatic heterocycles. The zero-order valence-electron chi connectivity index (χ0n) is 17.1. The Balaban J connectivity index is 1.63. The third-order valence-electron chi connectivity index (χ3n) is 5.18. The minimum Gasteiger partial charge on any atom is -0.404 e. The summed E-state index contributed by atoms with van der Waals surface area (Å²) in [4.78, 5) is 17.8. The summed E-state index contributed by atoms with van der Waals surface area (Å²) in [7, 11) is 0. The van der Waals surface area contributed by atoms with E-state index in [4.69, 9.17) is 32.8 Å². The number of hydrogen-bond acceptors (Lipinski definition) is 4. The second-order valence-electron chi connectivity index (χ2n) is 7.54. The normalized spacial score (nSPS) is 17.9. The number of nitrogens with zero attached hydrogens (tertiary/aromatic N) is 1. The summed E-state index contributed by atoms with van der Waals surface area (Å²) in [6.07, 6.45) is -5.75. The van der Waals surface area contributed by atoms with Crippen LogP contribution in [0.15, 0.2) is 71.9 Å². The number of benzene rings is 3. The van der Waals surface area contributed by atoms with Gasteiger partial charge in [-0.3, -0.25) is 0 Å². The first-order valence-electron chi connectivity index (χ1n) is 9.76. The van der Waals surface area contributed by atoms with Gasteiger partial charge in [-0.15, -0.1) is 0 Å². The van der Waals surface area contributed by atoms with Crippen molar-refractivity contribution in [3.63, 3.8) is 0 Å². The summed E-state index contributed by atoms with van der Waals surface area (Å²) in [5.41, 5.74) is -0.791. The SMILES string of the molecule is Cc1ccc(C(=O)OC2=NOC(c3cc(Cl)cc(Cl)c3)(C(F)(F)F)C2)c(-c2ccccc2)c1. The van der Waals surface area contributed by atoms with Crippen LogP contribution in [0.4, 0.5) is 13.2 Å². The summed E-state index contributed by atoms with van der Waals surface area (Å²) in [6, 6.07) is 17.7. The van der Waals surface area contributed by atoms with E-state index >= 15 is 0 Å². The van der Waals surface area contributed by atoms with Crippen molar-refractivity contribution in [3.05, 3.63) is 93.5 Å². The maximum Gasteiger partial charge on any atom is 0.435 e. The largest absolute Gasteiger partial charge is 0.435 e. The first-order valence-corrected chi connectivity index (χ1v) is 10.5. The third kappa shape index (κ3) is 4.56. The standard InChI is InChI=1S/C24H16Cl2F3NO3/c1-14-7-8-19(20(9-14)15-5-3-2-4-6-15)22(31)32-21-13-23(33-30-21,24(27,28)29)16-10-17(25)12-18(26)11-16/h2-12H,13H2,1H3. The molecule has 0 fully saturated rings. The topological polar surface area (TPSA) is 47.9 Å². The molecule has 33 heavy (non-hydrogen) atoms. The highest BCUT2D eigenvalue weighted by molar-refractivity contribution is 6.34. The Labute approximate surface area is 197 Å². The van der Waals surface area contributed by atoms with Gasteiger partial charge in [0.2, 0.25) is 5.90 Å². The molecular formula is C24H16Cl2F3NO3. The number of alkyl halides is 3. The first kappa shape index (κ1) is 23.1. The van der Waals surface area contributed by atoms with Crippen LogP contribution in [0.2, 0.25) is 10.0 Å². The third-order valence-corrected chi connectivity index (χ3v) is 5.62. The molecule has 0 N–H and O–H groups in total. The predicted octanol–water partition coefficient (Wildman–Crippen LogP) is 7.32. The lowest BCUT2D eigenvalue weighted by atomic mass is 9.90. The molecule has 1 unspecified atom stereocenters. The first-order chi connectivity index (χ1) is 15.6. The molecule has 1 atom stereocenters. The predicted molar refractivity (Wildman–Crippen MR) is 119 cm³/mol. The zero-order chi connectivity index (χ0) is 23.8. The van der Waals surface area contributed by atoms with E-state index in [1.54, 1.807) is 18.2 Å². The molecule has 170 valence electrons. The highest BCUT2D eigenvalue weighted by atomic mass is 35.5. The lowest BCUT2D eigenvalue weighted by Crippen LogP contribution is -2.43. The van der Waals surface area contributed by atoms with Crippen LogP contribution in [0, 0.1) is 6.92 Å². The number of halogens is 5. The van der Waals surface area contributed by atoms with Crippen LogP contribution >= 0.6 is 23.2 Å². The summed E-state index contributed by atoms with van der Waals surface area (Å²) >= 11 is 11.8. The van der Waals surface area contributed by atoms with Gasteiger partial charge in [-0.1, -0.05) is 76.4 Å². The second-order valence-corrected chi connectivity index (χ2v) is 8.41. The molecule has 0 amide bonds. The van der Waals surface area contributed by atoms with Gasteiger partial charge in [0.25, 0.3) is 5.60 Å². The average Bonchev–Trinajstić information content (AvgIpc) is 3.19. The van der Waals surface area contributed by atoms with Gasteiger partial charge >= 0.3 is 12.1 Å². The van der Waals surface area contributed by atoms with Gasteiger partial charge in [0, 0.05) is 15.6 Å². The van der Waals surface area contributed by atoms with E-state index in [0.717, 1.165) is 23.3 Å². The van der Waals surface area contributed by atoms with Crippen LogP contribution in [0.25, 0.3) is 11.1 Å². The molecule has 0 saturated heterocycles. The van der Waals surface area contributed by atoms with Crippen molar-refractivity contribution in [1.29, 1.82) is 0 Å². The Kier molecular flexibility index (Phi) is 6.12. The summed E-state index contributed by atoms with van der Waals surface area (Å²) in [6.45, 7) is 1.87. The van der Waals surface area contributed by atoms with Crippen LogP contribution in [0.1, 0.15) is 27.9 Å². The lowest BCUT2D eigenvalue weighted by Gasteiger charge is -2.29. The van der Waals surface area contributed by atoms with Crippen LogP contribution in [0.5, 0.6) is 0 Å². The highest BCUT2D eigenvalue weighted by Gasteiger charge is 2.63. The number of esters is 1. The van der Waals surface area contributed by atoms with Gasteiger partial charge in [0.05, 0.1) is 12.0 Å². The molecule has 3 aromatic carbocycles. The van der Waals surface area contributed by atoms with Crippen LogP contribution in [-0.2, 0) is 15.2 Å². The van der Waals surface area contributed by atoms with Gasteiger partial charge < -0.3 is 9.57 Å². The van der Waals surface area contributed by atoms with Crippen molar-refractivity contribution in [2.75, 3.05) is 0 Å². The van der Waals surface area contributed by atoms with Crippen molar-refractivity contribution in [2.24, 2.45) is 5.16 Å². The average molecular weight is 494 g/mol. The molecule has 4 nitrogen and oxygen atoms in total. The lowest BCUT2D eigenvalue weighted by molar-refractivity contribution is -0.275. The molecule has 1 heterocycles. The molecule has 0 aliphatic carbocycles. The second kappa shape index (κ2) is 8.72. The Hall–Kier alpha value is -3.03. The van der Waals surface area contributed by atoms with E-state index < -0.39 is 30.1 Å². The van der Waals surface area contributed by atoms with Crippen molar-refractivity contribution in [1.82, 2.24) is 0 Å². The monoisotopic (exact) mass is 493 g/mol. The zero-order valence-corrected chi connectivity index (χ0v) is 18.6. The molecule has 0 radical (unpaired) electrons. The molecule has 4 rings (SSSR count). The van der Waals surface area contributed by atoms with Crippen LogP contribution < -0.4 is 0 Å². The van der Waals surface area contributed by atoms with E-state index in [0.29, 0.717) is 5.56 Å². The fourth-order valence-electron chi connectivity index (χ4n) is 3.57. The minimum absolute atomic E-state index is 0.00216. The van der Waals surface area contributed by atoms with Gasteiger partial charge in [0.1, 0.15) is 0 Å². The summed E-state index contributed by atoms with van der Waals surface area (Å²) in [5.74, 6) is -1.36. The number of hydrogen-bond donors (Lipinski definition) is 0. The number of carbonyl (C=O) groups is 1. The van der Waals surface area contributed by atoms with E-state index in [2.05, 4.69) is 5.16 Å². The van der Waals surface area contributed by atoms with Crippen molar-refractivity contribution in [3.8, 4) is 11.1 Å². The Morgan fingerprint density at radius 2 is 1.70 bits per heavy atom. The van der Waals surface area contributed by atoms with Crippen molar-refractivity contribution < 1.29 is 27.5 Å². The van der Waals surface area contributed by atoms with E-state index in [-0.39, 0.29) is 21.2 Å². The fraction of sp³-hybridized carbons (Fsp3) is 0.167. The summed E-state index contributed by atoms with van der Waals surface area (Å²) < 4.78 is 47.6. The maximum absolute atomic E-state index is 14.1.